The van der Waals surface area contributed by atoms with Crippen LogP contribution in [0.1, 0.15) is 58.4 Å². The molecule has 0 spiro atoms. The Morgan fingerprint density at radius 1 is 1.01 bits per heavy atom. The Morgan fingerprint density at radius 2 is 1.74 bits per heavy atom. The van der Waals surface area contributed by atoms with Crippen molar-refractivity contribution in [2.45, 2.75) is 82.9 Å². The molecule has 6 N–H and O–H groups in total. The van der Waals surface area contributed by atoms with E-state index in [2.05, 4.69) is 30.3 Å². The van der Waals surface area contributed by atoms with Crippen LogP contribution in [0.25, 0.3) is 11.3 Å². The molecule has 2 aliphatic heterocycles. The Balaban J connectivity index is 1.25. The predicted molar refractivity (Wildman–Crippen MR) is 244 cm³/mol. The molecular weight excluding hydrogens is 915 g/mol. The average molecular weight is 975 g/mol. The van der Waals surface area contributed by atoms with Gasteiger partial charge in [0.2, 0.25) is 23.7 Å². The third-order valence-corrected chi connectivity index (χ3v) is 12.0. The van der Waals surface area contributed by atoms with Crippen molar-refractivity contribution >= 4 is 51.0 Å². The van der Waals surface area contributed by atoms with Crippen LogP contribution in [0.2, 0.25) is 0 Å². The average Bonchev–Trinajstić information content (AvgIpc) is 3.76. The summed E-state index contributed by atoms with van der Waals surface area (Å²) in [6, 6.07) is 4.71. The van der Waals surface area contributed by atoms with Crippen molar-refractivity contribution in [1.82, 2.24) is 25.5 Å². The molecule has 0 saturated carbocycles. The molecule has 2 aromatic carbocycles. The van der Waals surface area contributed by atoms with Gasteiger partial charge in [-0.05, 0) is 55.5 Å². The van der Waals surface area contributed by atoms with Gasteiger partial charge in [-0.2, -0.15) is 4.36 Å². The Bertz CT molecular complexity index is 2390. The van der Waals surface area contributed by atoms with Gasteiger partial charge in [0.1, 0.15) is 41.1 Å². The highest BCUT2D eigenvalue weighted by Crippen LogP contribution is 2.33. The number of carbonyl (C=O) groups excluding carboxylic acids is 4. The maximum atomic E-state index is 15.1. The van der Waals surface area contributed by atoms with Crippen LogP contribution in [0.15, 0.2) is 47.0 Å². The number of benzene rings is 2. The highest BCUT2D eigenvalue weighted by Gasteiger charge is 2.40. The van der Waals surface area contributed by atoms with Crippen LogP contribution in [-0.2, 0) is 53.7 Å². The summed E-state index contributed by atoms with van der Waals surface area (Å²) in [4.78, 5) is 75.5. The van der Waals surface area contributed by atoms with Gasteiger partial charge in [-0.15, -0.1) is 0 Å². The zero-order valence-electron chi connectivity index (χ0n) is 38.5. The van der Waals surface area contributed by atoms with Crippen LogP contribution < -0.4 is 31.2 Å². The maximum absolute atomic E-state index is 15.1. The zero-order valence-corrected chi connectivity index (χ0v) is 39.3. The lowest BCUT2D eigenvalue weighted by molar-refractivity contribution is -0.146. The highest BCUT2D eigenvalue weighted by molar-refractivity contribution is 7.92. The molecule has 1 aromatic heterocycles. The minimum Gasteiger partial charge on any atom is -0.493 e. The number of ether oxygens (including phenoxy) is 5. The van der Waals surface area contributed by atoms with Crippen LogP contribution in [0.3, 0.4) is 0 Å². The van der Waals surface area contributed by atoms with Crippen LogP contribution in [0, 0.1) is 17.6 Å². The Kier molecular flexibility index (Phi) is 19.9. The fourth-order valence-corrected chi connectivity index (χ4v) is 8.70. The number of carboxylic acids is 1. The summed E-state index contributed by atoms with van der Waals surface area (Å²) in [6.07, 6.45) is 1.82. The van der Waals surface area contributed by atoms with Crippen molar-refractivity contribution in [3.8, 4) is 22.8 Å². The van der Waals surface area contributed by atoms with Gasteiger partial charge < -0.3 is 55.4 Å². The monoisotopic (exact) mass is 974 g/mol. The number of hydrogen-bond acceptors (Lipinski definition) is 15. The number of aromatic nitrogens is 2. The van der Waals surface area contributed by atoms with Crippen molar-refractivity contribution in [2.24, 2.45) is 16.0 Å². The van der Waals surface area contributed by atoms with Gasteiger partial charge in [0.15, 0.2) is 5.82 Å². The van der Waals surface area contributed by atoms with Crippen LogP contribution in [0.5, 0.6) is 11.5 Å². The van der Waals surface area contributed by atoms with E-state index in [1.807, 2.05) is 0 Å². The van der Waals surface area contributed by atoms with Gasteiger partial charge in [-0.3, -0.25) is 24.0 Å². The molecule has 1 saturated heterocycles. The molecule has 0 radical (unpaired) electrons. The predicted octanol–water partition coefficient (Wildman–Crippen LogP) is 3.33. The first-order valence-electron chi connectivity index (χ1n) is 22.2. The number of halogens is 2. The maximum Gasteiger partial charge on any atom is 0.305 e. The lowest BCUT2D eigenvalue weighted by Gasteiger charge is -2.29. The molecule has 3 aromatic rings. The number of rotatable bonds is 21. The number of nitrogens with two attached hydrogens (primary N) is 1. The van der Waals surface area contributed by atoms with E-state index >= 15 is 4.39 Å². The number of nitrogens with one attached hydrogen (secondary N) is 3. The second kappa shape index (κ2) is 25.5. The fraction of sp³-hybridized carbons (Fsp3) is 0.533. The molecule has 0 aliphatic carbocycles. The molecule has 5 atom stereocenters. The summed E-state index contributed by atoms with van der Waals surface area (Å²) in [5, 5.41) is 17.7. The zero-order chi connectivity index (χ0) is 49.4. The lowest BCUT2D eigenvalue weighted by atomic mass is 10.0. The smallest absolute Gasteiger partial charge is 0.305 e. The Hall–Kier alpha value is -5.88. The normalized spacial score (nSPS) is 17.5. The quantitative estimate of drug-likeness (QED) is 0.0958. The summed E-state index contributed by atoms with van der Waals surface area (Å²) in [7, 11) is -3.36. The van der Waals surface area contributed by atoms with Crippen molar-refractivity contribution in [2.75, 3.05) is 70.9 Å². The van der Waals surface area contributed by atoms with E-state index in [1.54, 1.807) is 39.0 Å². The van der Waals surface area contributed by atoms with E-state index in [1.165, 1.54) is 23.3 Å². The lowest BCUT2D eigenvalue weighted by Crippen LogP contribution is -2.56. The summed E-state index contributed by atoms with van der Waals surface area (Å²) >= 11 is 0. The molecule has 68 heavy (non-hydrogen) atoms. The number of carbonyl (C=O) groups is 5. The Morgan fingerprint density at radius 3 is 2.44 bits per heavy atom. The number of fused-ring (bicyclic) bond motifs is 6. The summed E-state index contributed by atoms with van der Waals surface area (Å²) in [5.41, 5.74) is 6.24. The number of aliphatic carboxylic acids is 1. The standard InChI is InChI=1S/C45H60F2N8O12S/c1-27(2)40(52-42(59)36-6-5-12-55(36)44(61)35(24-39(57)58)51-38(56)10-13-63-16-18-65-19-17-64-15-11-48)43(60)54-68(4,62)26-29-20-31-23-32(21-29)67-28(3)9-14-66-37-22-30(46)7-8-33(37)41-34(47)25-49-45(50-31)53-41/h7-8,20-23,25,27-28,35-36,40H,5-6,9-19,24,26,48H2,1-4H3,(H,51,56)(H,52,59)(H,57,58)(H,49,50,53)/t28-,35-,36-,40-,68-/m0/s1. The van der Waals surface area contributed by atoms with Crippen molar-refractivity contribution < 1.29 is 65.8 Å². The first-order valence-corrected chi connectivity index (χ1v) is 24.3. The summed E-state index contributed by atoms with van der Waals surface area (Å²) in [5.74, 6) is -6.08. The molecule has 0 unspecified atom stereocenters. The number of anilines is 2. The minimum atomic E-state index is -3.36. The van der Waals surface area contributed by atoms with E-state index in [0.29, 0.717) is 56.2 Å². The molecule has 4 bridgehead atoms. The molecule has 20 nitrogen and oxygen atoms in total. The van der Waals surface area contributed by atoms with Crippen molar-refractivity contribution in [3.63, 3.8) is 0 Å². The summed E-state index contributed by atoms with van der Waals surface area (Å²) in [6.45, 7) is 7.25. The molecule has 23 heteroatoms. The second-order valence-electron chi connectivity index (χ2n) is 16.6. The van der Waals surface area contributed by atoms with E-state index in [4.69, 9.17) is 29.4 Å². The van der Waals surface area contributed by atoms with E-state index in [9.17, 15) is 37.7 Å². The van der Waals surface area contributed by atoms with Gasteiger partial charge in [-0.1, -0.05) is 13.8 Å². The van der Waals surface area contributed by atoms with E-state index in [-0.39, 0.29) is 74.5 Å². The SMILES string of the molecule is CC(C)[C@H](NC(=O)[C@@H]1CCCN1C(=O)[C@H](CC(=O)O)NC(=O)CCOCCOCCOCCN)C(=O)N=[S@@](C)(=O)Cc1cc2cc(c1)O[C@@H](C)CCOc1cc(F)ccc1-c1nc(ncc1F)N2. The van der Waals surface area contributed by atoms with E-state index < -0.39 is 87.5 Å². The van der Waals surface area contributed by atoms with Gasteiger partial charge in [0, 0.05) is 55.6 Å². The number of carboxylic acid groups (broad SMARTS) is 1. The molecule has 1 fully saturated rings. The Labute approximate surface area is 393 Å². The van der Waals surface area contributed by atoms with Gasteiger partial charge in [0.25, 0.3) is 5.91 Å². The topological polar surface area (TPSA) is 272 Å². The van der Waals surface area contributed by atoms with E-state index in [0.717, 1.165) is 12.3 Å². The van der Waals surface area contributed by atoms with Crippen LogP contribution in [0.4, 0.5) is 20.4 Å². The largest absolute Gasteiger partial charge is 0.493 e. The third-order valence-electron chi connectivity index (χ3n) is 10.6. The highest BCUT2D eigenvalue weighted by atomic mass is 32.2. The molecule has 2 aliphatic rings. The fourth-order valence-electron chi connectivity index (χ4n) is 7.35. The molecule has 372 valence electrons. The number of nitrogens with zero attached hydrogens (tertiary/aromatic N) is 4. The van der Waals surface area contributed by atoms with Gasteiger partial charge in [-0.25, -0.2) is 23.0 Å². The molecule has 4 amide bonds. The van der Waals surface area contributed by atoms with Crippen LogP contribution in [-0.4, -0.2) is 144 Å². The second-order valence-corrected chi connectivity index (χ2v) is 19.0. The first kappa shape index (κ1) is 53.1. The molecule has 3 heterocycles. The number of hydrogen-bond donors (Lipinski definition) is 5. The third kappa shape index (κ3) is 16.1. The molecule has 5 rings (SSSR count). The number of amides is 4. The van der Waals surface area contributed by atoms with Crippen LogP contribution >= 0.6 is 0 Å². The van der Waals surface area contributed by atoms with Gasteiger partial charge in [0.05, 0.1) is 80.5 Å². The number of likely N-dealkylation sites (tertiary alicyclic amines) is 1. The first-order chi connectivity index (χ1) is 32.4. The van der Waals surface area contributed by atoms with Crippen molar-refractivity contribution in [1.29, 1.82) is 0 Å². The molecular formula is C45H60F2N8O12S. The van der Waals surface area contributed by atoms with Gasteiger partial charge >= 0.3 is 5.97 Å². The van der Waals surface area contributed by atoms with Crippen molar-refractivity contribution in [3.05, 3.63) is 59.8 Å². The minimum absolute atomic E-state index is 0.0226. The summed E-state index contributed by atoms with van der Waals surface area (Å²) < 4.78 is 75.6.